The summed E-state index contributed by atoms with van der Waals surface area (Å²) in [6.45, 7) is 0. The Bertz CT molecular complexity index is 637. The van der Waals surface area contributed by atoms with Crippen LogP contribution in [0.3, 0.4) is 0 Å². The highest BCUT2D eigenvalue weighted by atomic mass is 16.1. The number of fused-ring (bicyclic) bond motifs is 2. The minimum absolute atomic E-state index is 0.297. The molecule has 96 valence electrons. The van der Waals surface area contributed by atoms with E-state index in [2.05, 4.69) is 4.98 Å². The molecular formula is C17H17NO. The van der Waals surface area contributed by atoms with Crippen molar-refractivity contribution < 1.29 is 4.79 Å². The first-order valence-electron chi connectivity index (χ1n) is 7.23. The molecule has 19 heavy (non-hydrogen) atoms. The van der Waals surface area contributed by atoms with Gasteiger partial charge in [-0.1, -0.05) is 31.0 Å². The predicted octanol–water partition coefficient (Wildman–Crippen LogP) is 3.85. The van der Waals surface area contributed by atoms with Crippen LogP contribution >= 0.6 is 0 Å². The Morgan fingerprint density at radius 2 is 1.84 bits per heavy atom. The molecule has 2 saturated carbocycles. The first kappa shape index (κ1) is 11.2. The largest absolute Gasteiger partial charge is 0.294 e. The van der Waals surface area contributed by atoms with Crippen molar-refractivity contribution in [2.45, 2.75) is 25.7 Å². The molecule has 1 aromatic carbocycles. The fraction of sp³-hybridized carbons (Fsp3) is 0.412. The van der Waals surface area contributed by atoms with Crippen molar-refractivity contribution in [3.8, 4) is 0 Å². The lowest BCUT2D eigenvalue weighted by atomic mass is 10.0. The summed E-state index contributed by atoms with van der Waals surface area (Å²) in [6.07, 6.45) is 6.88. The van der Waals surface area contributed by atoms with Gasteiger partial charge in [-0.15, -0.1) is 0 Å². The average Bonchev–Trinajstić information content (AvgIpc) is 3.20. The molecule has 2 aromatic rings. The number of carbonyl (C=O) groups excluding carboxylic acids is 1. The summed E-state index contributed by atoms with van der Waals surface area (Å²) in [6, 6.07) is 10.00. The summed E-state index contributed by atoms with van der Waals surface area (Å²) >= 11 is 0. The number of benzene rings is 1. The zero-order valence-corrected chi connectivity index (χ0v) is 10.9. The molecule has 2 fully saturated rings. The molecule has 2 atom stereocenters. The number of rotatable bonds is 2. The third-order valence-electron chi connectivity index (χ3n) is 4.83. The molecule has 2 unspecified atom stereocenters. The lowest BCUT2D eigenvalue weighted by Gasteiger charge is -2.04. The smallest absolute Gasteiger partial charge is 0.168 e. The summed E-state index contributed by atoms with van der Waals surface area (Å²) in [7, 11) is 0. The fourth-order valence-corrected chi connectivity index (χ4v) is 3.78. The number of para-hydroxylation sites is 1. The Hall–Kier alpha value is -1.70. The van der Waals surface area contributed by atoms with E-state index in [9.17, 15) is 4.79 Å². The van der Waals surface area contributed by atoms with Crippen molar-refractivity contribution in [1.29, 1.82) is 0 Å². The lowest BCUT2D eigenvalue weighted by Crippen LogP contribution is -2.04. The van der Waals surface area contributed by atoms with E-state index in [1.165, 1.54) is 25.7 Å². The van der Waals surface area contributed by atoms with Gasteiger partial charge in [0.2, 0.25) is 0 Å². The van der Waals surface area contributed by atoms with Gasteiger partial charge in [0, 0.05) is 23.1 Å². The van der Waals surface area contributed by atoms with Crippen LogP contribution in [0.25, 0.3) is 10.9 Å². The highest BCUT2D eigenvalue weighted by molar-refractivity contribution is 6.02. The normalized spacial score (nSPS) is 28.9. The van der Waals surface area contributed by atoms with Crippen LogP contribution in [0.15, 0.2) is 36.5 Å². The molecule has 0 spiro atoms. The Kier molecular flexibility index (Phi) is 2.44. The number of ketones is 1. The molecule has 2 aliphatic rings. The van der Waals surface area contributed by atoms with Gasteiger partial charge in [-0.3, -0.25) is 9.78 Å². The van der Waals surface area contributed by atoms with E-state index in [1.54, 1.807) is 6.20 Å². The van der Waals surface area contributed by atoms with Gasteiger partial charge in [-0.2, -0.15) is 0 Å². The third kappa shape index (κ3) is 1.78. The van der Waals surface area contributed by atoms with Gasteiger partial charge in [-0.05, 0) is 36.8 Å². The predicted molar refractivity (Wildman–Crippen MR) is 75.0 cm³/mol. The molecule has 0 aliphatic heterocycles. The van der Waals surface area contributed by atoms with Gasteiger partial charge >= 0.3 is 0 Å². The maximum absolute atomic E-state index is 12.6. The van der Waals surface area contributed by atoms with Gasteiger partial charge in [0.25, 0.3) is 0 Å². The van der Waals surface area contributed by atoms with Gasteiger partial charge in [0.15, 0.2) is 5.78 Å². The second-order valence-corrected chi connectivity index (χ2v) is 5.92. The van der Waals surface area contributed by atoms with Gasteiger partial charge in [-0.25, -0.2) is 0 Å². The molecule has 2 nitrogen and oxygen atoms in total. The summed E-state index contributed by atoms with van der Waals surface area (Å²) in [4.78, 5) is 17.0. The topological polar surface area (TPSA) is 30.0 Å². The number of aromatic nitrogens is 1. The summed E-state index contributed by atoms with van der Waals surface area (Å²) < 4.78 is 0. The highest BCUT2D eigenvalue weighted by Gasteiger charge is 2.54. The molecule has 4 rings (SSSR count). The van der Waals surface area contributed by atoms with Gasteiger partial charge in [0.1, 0.15) is 0 Å². The molecule has 0 amide bonds. The number of hydrogen-bond donors (Lipinski definition) is 0. The van der Waals surface area contributed by atoms with E-state index < -0.39 is 0 Å². The quantitative estimate of drug-likeness (QED) is 0.759. The molecule has 0 saturated heterocycles. The van der Waals surface area contributed by atoms with Crippen molar-refractivity contribution in [3.05, 3.63) is 42.1 Å². The standard InChI is InChI=1S/C17H17NO/c19-17(16-13-6-2-3-7-14(13)16)12-9-11-5-1-4-8-15(11)18-10-12/h1,4-5,8-10,13-14,16H,2-3,6-7H2. The summed E-state index contributed by atoms with van der Waals surface area (Å²) in [5, 5.41) is 1.07. The van der Waals surface area contributed by atoms with Crippen molar-refractivity contribution in [3.63, 3.8) is 0 Å². The minimum atomic E-state index is 0.297. The van der Waals surface area contributed by atoms with E-state index >= 15 is 0 Å². The average molecular weight is 251 g/mol. The second kappa shape index (κ2) is 4.16. The Balaban J connectivity index is 1.65. The van der Waals surface area contributed by atoms with Crippen LogP contribution in [0.4, 0.5) is 0 Å². The van der Waals surface area contributed by atoms with Crippen LogP contribution in [-0.2, 0) is 0 Å². The van der Waals surface area contributed by atoms with Gasteiger partial charge in [0.05, 0.1) is 5.52 Å². The molecule has 0 N–H and O–H groups in total. The summed E-state index contributed by atoms with van der Waals surface area (Å²) in [5.41, 5.74) is 1.77. The maximum Gasteiger partial charge on any atom is 0.168 e. The van der Waals surface area contributed by atoms with Crippen LogP contribution in [0.2, 0.25) is 0 Å². The monoisotopic (exact) mass is 251 g/mol. The number of Topliss-reactive ketones (excluding diaryl/α,β-unsaturated/α-hetero) is 1. The highest BCUT2D eigenvalue weighted by Crippen LogP contribution is 2.56. The van der Waals surface area contributed by atoms with E-state index in [0.29, 0.717) is 23.5 Å². The molecule has 2 heteroatoms. The van der Waals surface area contributed by atoms with E-state index in [4.69, 9.17) is 0 Å². The maximum atomic E-state index is 12.6. The number of hydrogen-bond acceptors (Lipinski definition) is 2. The molecule has 2 aliphatic carbocycles. The molecule has 1 aromatic heterocycles. The zero-order chi connectivity index (χ0) is 12.8. The third-order valence-corrected chi connectivity index (χ3v) is 4.83. The van der Waals surface area contributed by atoms with Crippen molar-refractivity contribution in [1.82, 2.24) is 4.98 Å². The molecule has 0 radical (unpaired) electrons. The van der Waals surface area contributed by atoms with Crippen LogP contribution in [0, 0.1) is 17.8 Å². The fourth-order valence-electron chi connectivity index (χ4n) is 3.78. The first-order valence-corrected chi connectivity index (χ1v) is 7.23. The Morgan fingerprint density at radius 3 is 2.63 bits per heavy atom. The second-order valence-electron chi connectivity index (χ2n) is 5.92. The molecule has 0 bridgehead atoms. The van der Waals surface area contributed by atoms with E-state index in [-0.39, 0.29) is 0 Å². The lowest BCUT2D eigenvalue weighted by molar-refractivity contribution is 0.0956. The SMILES string of the molecule is O=C(c1cnc2ccccc2c1)C1C2CCCCC21. The Morgan fingerprint density at radius 1 is 1.11 bits per heavy atom. The van der Waals surface area contributed by atoms with E-state index in [0.717, 1.165) is 16.5 Å². The number of nitrogens with zero attached hydrogens (tertiary/aromatic N) is 1. The van der Waals surface area contributed by atoms with Crippen LogP contribution in [0.1, 0.15) is 36.0 Å². The van der Waals surface area contributed by atoms with Crippen LogP contribution in [0.5, 0.6) is 0 Å². The van der Waals surface area contributed by atoms with Crippen LogP contribution < -0.4 is 0 Å². The van der Waals surface area contributed by atoms with Crippen molar-refractivity contribution >= 4 is 16.7 Å². The zero-order valence-electron chi connectivity index (χ0n) is 10.9. The Labute approximate surface area is 112 Å². The minimum Gasteiger partial charge on any atom is -0.294 e. The first-order chi connectivity index (χ1) is 9.34. The summed E-state index contributed by atoms with van der Waals surface area (Å²) in [5.74, 6) is 1.97. The van der Waals surface area contributed by atoms with E-state index in [1.807, 2.05) is 30.3 Å². The van der Waals surface area contributed by atoms with Crippen molar-refractivity contribution in [2.24, 2.45) is 17.8 Å². The van der Waals surface area contributed by atoms with Crippen LogP contribution in [-0.4, -0.2) is 10.8 Å². The number of carbonyl (C=O) groups is 1. The number of pyridine rings is 1. The molecule has 1 heterocycles. The van der Waals surface area contributed by atoms with Crippen molar-refractivity contribution in [2.75, 3.05) is 0 Å². The van der Waals surface area contributed by atoms with Gasteiger partial charge < -0.3 is 0 Å². The molecular weight excluding hydrogens is 234 g/mol.